The predicted molar refractivity (Wildman–Crippen MR) is 71.0 cm³/mol. The van der Waals surface area contributed by atoms with Gasteiger partial charge in [0.2, 0.25) is 6.79 Å². The van der Waals surface area contributed by atoms with E-state index >= 15 is 0 Å². The van der Waals surface area contributed by atoms with Gasteiger partial charge in [0.05, 0.1) is 11.3 Å². The quantitative estimate of drug-likeness (QED) is 0.804. The molecular weight excluding hydrogens is 258 g/mol. The summed E-state index contributed by atoms with van der Waals surface area (Å²) < 4.78 is 10.6. The van der Waals surface area contributed by atoms with Crippen molar-refractivity contribution < 1.29 is 19.1 Å². The Morgan fingerprint density at radius 1 is 0.950 bits per heavy atom. The fourth-order valence-electron chi connectivity index (χ4n) is 2.47. The molecule has 5 nitrogen and oxygen atoms in total. The highest BCUT2D eigenvalue weighted by atomic mass is 16.7. The van der Waals surface area contributed by atoms with E-state index in [1.54, 1.807) is 12.1 Å². The maximum atomic E-state index is 11.7. The van der Waals surface area contributed by atoms with Crippen LogP contribution in [0.3, 0.4) is 0 Å². The molecule has 0 saturated heterocycles. The number of carbonyl (C=O) groups is 2. The fraction of sp³-hybridized carbons (Fsp3) is 0.0667. The number of fused-ring (bicyclic) bond motifs is 2. The zero-order valence-electron chi connectivity index (χ0n) is 10.3. The third-order valence-corrected chi connectivity index (χ3v) is 3.44. The van der Waals surface area contributed by atoms with Crippen LogP contribution < -0.4 is 14.8 Å². The molecular formula is C15H9NO4. The first-order valence-electron chi connectivity index (χ1n) is 6.13. The van der Waals surface area contributed by atoms with Gasteiger partial charge in [0.1, 0.15) is 0 Å². The number of hydrogen-bond donors (Lipinski definition) is 1. The van der Waals surface area contributed by atoms with Crippen LogP contribution in [0.1, 0.15) is 10.4 Å². The van der Waals surface area contributed by atoms with Crippen molar-refractivity contribution in [3.8, 4) is 22.6 Å². The minimum absolute atomic E-state index is 0.209. The topological polar surface area (TPSA) is 64.6 Å². The van der Waals surface area contributed by atoms with Crippen LogP contribution in [0.15, 0.2) is 36.4 Å². The average molecular weight is 267 g/mol. The molecule has 2 aliphatic rings. The lowest BCUT2D eigenvalue weighted by Gasteiger charge is -2.08. The summed E-state index contributed by atoms with van der Waals surface area (Å²) in [6, 6.07) is 10.8. The molecule has 0 aliphatic carbocycles. The number of anilines is 1. The van der Waals surface area contributed by atoms with Crippen LogP contribution in [0.4, 0.5) is 5.69 Å². The van der Waals surface area contributed by atoms with Crippen molar-refractivity contribution >= 4 is 17.4 Å². The molecule has 0 spiro atoms. The van der Waals surface area contributed by atoms with E-state index in [0.29, 0.717) is 22.7 Å². The summed E-state index contributed by atoms with van der Waals surface area (Å²) >= 11 is 0. The van der Waals surface area contributed by atoms with Crippen LogP contribution >= 0.6 is 0 Å². The third-order valence-electron chi connectivity index (χ3n) is 3.44. The molecule has 2 aromatic rings. The molecule has 20 heavy (non-hydrogen) atoms. The molecule has 0 bridgehead atoms. The van der Waals surface area contributed by atoms with Crippen LogP contribution in [0.2, 0.25) is 0 Å². The molecule has 1 amide bonds. The number of hydrogen-bond acceptors (Lipinski definition) is 4. The van der Waals surface area contributed by atoms with E-state index in [1.165, 1.54) is 0 Å². The first-order valence-corrected chi connectivity index (χ1v) is 6.13. The number of ketones is 1. The van der Waals surface area contributed by atoms with Crippen molar-refractivity contribution in [2.24, 2.45) is 0 Å². The molecule has 5 heteroatoms. The van der Waals surface area contributed by atoms with Gasteiger partial charge in [-0.05, 0) is 23.8 Å². The summed E-state index contributed by atoms with van der Waals surface area (Å²) in [6.07, 6.45) is 0. The summed E-state index contributed by atoms with van der Waals surface area (Å²) in [5.74, 6) is 0.271. The number of carbonyl (C=O) groups excluding carboxylic acids is 2. The second-order valence-corrected chi connectivity index (χ2v) is 4.58. The highest BCUT2D eigenvalue weighted by Crippen LogP contribution is 2.40. The summed E-state index contributed by atoms with van der Waals surface area (Å²) in [4.78, 5) is 23.2. The van der Waals surface area contributed by atoms with Crippen LogP contribution in [0, 0.1) is 0 Å². The van der Waals surface area contributed by atoms with Gasteiger partial charge in [0.25, 0.3) is 11.7 Å². The molecule has 0 atom stereocenters. The van der Waals surface area contributed by atoms with Gasteiger partial charge < -0.3 is 14.8 Å². The maximum Gasteiger partial charge on any atom is 0.296 e. The summed E-state index contributed by atoms with van der Waals surface area (Å²) in [5.41, 5.74) is 2.62. The molecule has 2 aliphatic heterocycles. The maximum absolute atomic E-state index is 11.7. The summed E-state index contributed by atoms with van der Waals surface area (Å²) in [7, 11) is 0. The number of amides is 1. The Balaban J connectivity index is 1.88. The van der Waals surface area contributed by atoms with Gasteiger partial charge in [-0.2, -0.15) is 0 Å². The Labute approximate surface area is 114 Å². The van der Waals surface area contributed by atoms with Crippen LogP contribution in [0.25, 0.3) is 11.1 Å². The standard InChI is InChI=1S/C15H9NO4/c17-14-10-3-1-2-9(13(10)16-15(14)18)8-4-5-11-12(6-8)20-7-19-11/h1-6H,7H2,(H,16,17,18). The SMILES string of the molecule is O=C1Nc2c(cccc2-c2ccc3c(c2)OCO3)C1=O. The smallest absolute Gasteiger partial charge is 0.296 e. The minimum atomic E-state index is -0.590. The Bertz CT molecular complexity index is 766. The molecule has 0 aromatic heterocycles. The normalized spacial score (nSPS) is 15.2. The predicted octanol–water partition coefficient (Wildman–Crippen LogP) is 2.22. The summed E-state index contributed by atoms with van der Waals surface area (Å²) in [6.45, 7) is 0.209. The number of ether oxygens (including phenoxy) is 2. The number of para-hydroxylation sites is 1. The number of nitrogens with one attached hydrogen (secondary N) is 1. The lowest BCUT2D eigenvalue weighted by molar-refractivity contribution is -0.112. The van der Waals surface area contributed by atoms with E-state index in [9.17, 15) is 9.59 Å². The highest BCUT2D eigenvalue weighted by molar-refractivity contribution is 6.52. The average Bonchev–Trinajstić information content (AvgIpc) is 3.04. The van der Waals surface area contributed by atoms with Crippen molar-refractivity contribution in [3.05, 3.63) is 42.0 Å². The molecule has 4 rings (SSSR count). The van der Waals surface area contributed by atoms with Gasteiger partial charge in [-0.3, -0.25) is 9.59 Å². The Morgan fingerprint density at radius 3 is 2.65 bits per heavy atom. The van der Waals surface area contributed by atoms with Crippen LogP contribution in [-0.2, 0) is 4.79 Å². The van der Waals surface area contributed by atoms with Crippen molar-refractivity contribution in [1.82, 2.24) is 0 Å². The van der Waals surface area contributed by atoms with E-state index < -0.39 is 11.7 Å². The highest BCUT2D eigenvalue weighted by Gasteiger charge is 2.30. The van der Waals surface area contributed by atoms with Crippen LogP contribution in [0.5, 0.6) is 11.5 Å². The van der Waals surface area contributed by atoms with Gasteiger partial charge >= 0.3 is 0 Å². The number of Topliss-reactive ketones (excluding diaryl/α,β-unsaturated/α-hetero) is 1. The first-order chi connectivity index (χ1) is 9.74. The molecule has 1 N–H and O–H groups in total. The van der Waals surface area contributed by atoms with Gasteiger partial charge in [-0.25, -0.2) is 0 Å². The molecule has 0 saturated carbocycles. The van der Waals surface area contributed by atoms with Gasteiger partial charge in [-0.1, -0.05) is 18.2 Å². The van der Waals surface area contributed by atoms with Crippen molar-refractivity contribution in [3.63, 3.8) is 0 Å². The molecule has 2 heterocycles. The molecule has 2 aromatic carbocycles. The minimum Gasteiger partial charge on any atom is -0.454 e. The number of benzene rings is 2. The van der Waals surface area contributed by atoms with Crippen molar-refractivity contribution in [2.45, 2.75) is 0 Å². The van der Waals surface area contributed by atoms with E-state index in [2.05, 4.69) is 5.32 Å². The van der Waals surface area contributed by atoms with E-state index in [4.69, 9.17) is 9.47 Å². The van der Waals surface area contributed by atoms with Gasteiger partial charge in [0.15, 0.2) is 11.5 Å². The van der Waals surface area contributed by atoms with Crippen molar-refractivity contribution in [2.75, 3.05) is 12.1 Å². The van der Waals surface area contributed by atoms with Gasteiger partial charge in [0, 0.05) is 5.56 Å². The van der Waals surface area contributed by atoms with E-state index in [0.717, 1.165) is 11.1 Å². The zero-order valence-corrected chi connectivity index (χ0v) is 10.3. The fourth-order valence-corrected chi connectivity index (χ4v) is 2.47. The summed E-state index contributed by atoms with van der Waals surface area (Å²) in [5, 5.41) is 2.62. The van der Waals surface area contributed by atoms with E-state index in [1.807, 2.05) is 24.3 Å². The second kappa shape index (κ2) is 3.84. The number of rotatable bonds is 1. The molecule has 0 unspecified atom stereocenters. The lowest BCUT2D eigenvalue weighted by Crippen LogP contribution is -2.12. The Hall–Kier alpha value is -2.82. The third kappa shape index (κ3) is 1.43. The Kier molecular flexibility index (Phi) is 2.12. The molecule has 0 radical (unpaired) electrons. The van der Waals surface area contributed by atoms with Gasteiger partial charge in [-0.15, -0.1) is 0 Å². The lowest BCUT2D eigenvalue weighted by atomic mass is 10.00. The molecule has 0 fully saturated rings. The zero-order chi connectivity index (χ0) is 13.7. The van der Waals surface area contributed by atoms with E-state index in [-0.39, 0.29) is 6.79 Å². The largest absolute Gasteiger partial charge is 0.454 e. The van der Waals surface area contributed by atoms with Crippen LogP contribution in [-0.4, -0.2) is 18.5 Å². The monoisotopic (exact) mass is 267 g/mol. The first kappa shape index (κ1) is 11.0. The van der Waals surface area contributed by atoms with Crippen molar-refractivity contribution in [1.29, 1.82) is 0 Å². The second-order valence-electron chi connectivity index (χ2n) is 4.58. The Morgan fingerprint density at radius 2 is 1.75 bits per heavy atom. The molecule has 98 valence electrons.